The predicted molar refractivity (Wildman–Crippen MR) is 83.9 cm³/mol. The fraction of sp³-hybridized carbons (Fsp3) is 0.562. The Morgan fingerprint density at radius 1 is 1.35 bits per heavy atom. The van der Waals surface area contributed by atoms with E-state index in [9.17, 15) is 4.79 Å². The lowest BCUT2D eigenvalue weighted by Gasteiger charge is -2.22. The number of ether oxygens (including phenoxy) is 1. The molecule has 1 aromatic carbocycles. The zero-order valence-corrected chi connectivity index (χ0v) is 13.3. The van der Waals surface area contributed by atoms with Crippen LogP contribution in [0.25, 0.3) is 0 Å². The highest BCUT2D eigenvalue weighted by Gasteiger charge is 2.15. The molecule has 1 aliphatic rings. The van der Waals surface area contributed by atoms with Gasteiger partial charge in [-0.25, -0.2) is 0 Å². The Kier molecular flexibility index (Phi) is 6.54. The number of hydrogen-bond acceptors (Lipinski definition) is 2. The zero-order chi connectivity index (χ0) is 14.2. The Morgan fingerprint density at radius 2 is 2.15 bits per heavy atom. The molecule has 1 fully saturated rings. The van der Waals surface area contributed by atoms with E-state index >= 15 is 0 Å². The van der Waals surface area contributed by atoms with Crippen LogP contribution in [0.1, 0.15) is 42.5 Å². The second kappa shape index (κ2) is 8.42. The Bertz CT molecular complexity index is 404. The molecular formula is C16H22BrNO2. The third-order valence-electron chi connectivity index (χ3n) is 3.61. The summed E-state index contributed by atoms with van der Waals surface area (Å²) in [5.74, 6) is 0.111. The molecule has 0 spiro atoms. The van der Waals surface area contributed by atoms with Crippen LogP contribution >= 0.6 is 15.9 Å². The summed E-state index contributed by atoms with van der Waals surface area (Å²) in [4.78, 5) is 12.0. The van der Waals surface area contributed by atoms with Crippen LogP contribution < -0.4 is 5.32 Å². The molecule has 3 nitrogen and oxygen atoms in total. The van der Waals surface area contributed by atoms with E-state index in [-0.39, 0.29) is 16.8 Å². The van der Waals surface area contributed by atoms with E-state index in [4.69, 9.17) is 4.74 Å². The molecule has 0 saturated carbocycles. The maximum absolute atomic E-state index is 11.8. The first-order valence-electron chi connectivity index (χ1n) is 7.33. The van der Waals surface area contributed by atoms with E-state index in [0.29, 0.717) is 13.0 Å². The van der Waals surface area contributed by atoms with Crippen LogP contribution in [0.15, 0.2) is 30.3 Å². The van der Waals surface area contributed by atoms with Crippen molar-refractivity contribution in [3.63, 3.8) is 0 Å². The van der Waals surface area contributed by atoms with Gasteiger partial charge in [-0.1, -0.05) is 46.3 Å². The van der Waals surface area contributed by atoms with Gasteiger partial charge in [-0.15, -0.1) is 0 Å². The number of hydrogen-bond donors (Lipinski definition) is 1. The third-order valence-corrected chi connectivity index (χ3v) is 4.46. The SMILES string of the molecule is O=C(CCC1CCCCO1)NCC(Br)c1ccccc1. The van der Waals surface area contributed by atoms with E-state index in [2.05, 4.69) is 33.4 Å². The van der Waals surface area contributed by atoms with Gasteiger partial charge < -0.3 is 10.1 Å². The van der Waals surface area contributed by atoms with Crippen LogP contribution in [-0.4, -0.2) is 25.2 Å². The lowest BCUT2D eigenvalue weighted by atomic mass is 10.0. The molecule has 110 valence electrons. The molecule has 1 aromatic rings. The van der Waals surface area contributed by atoms with E-state index in [1.165, 1.54) is 12.0 Å². The molecule has 1 saturated heterocycles. The van der Waals surface area contributed by atoms with Gasteiger partial charge in [0.05, 0.1) is 10.9 Å². The van der Waals surface area contributed by atoms with Crippen LogP contribution in [0.4, 0.5) is 0 Å². The van der Waals surface area contributed by atoms with Gasteiger partial charge in [0.25, 0.3) is 0 Å². The summed E-state index contributed by atoms with van der Waals surface area (Å²) in [6, 6.07) is 10.1. The maximum Gasteiger partial charge on any atom is 0.220 e. The van der Waals surface area contributed by atoms with Gasteiger partial charge in [-0.05, 0) is 31.2 Å². The standard InChI is InChI=1S/C16H22BrNO2/c17-15(13-6-2-1-3-7-13)12-18-16(19)10-9-14-8-4-5-11-20-14/h1-3,6-7,14-15H,4-5,8-12H2,(H,18,19). The average molecular weight is 340 g/mol. The topological polar surface area (TPSA) is 38.3 Å². The molecule has 4 heteroatoms. The summed E-state index contributed by atoms with van der Waals surface area (Å²) < 4.78 is 5.63. The zero-order valence-electron chi connectivity index (χ0n) is 11.7. The van der Waals surface area contributed by atoms with Crippen molar-refractivity contribution in [1.82, 2.24) is 5.32 Å². The van der Waals surface area contributed by atoms with Crippen molar-refractivity contribution < 1.29 is 9.53 Å². The summed E-state index contributed by atoms with van der Waals surface area (Å²) in [5, 5.41) is 2.98. The van der Waals surface area contributed by atoms with Gasteiger partial charge >= 0.3 is 0 Å². The Morgan fingerprint density at radius 3 is 2.85 bits per heavy atom. The van der Waals surface area contributed by atoms with Crippen molar-refractivity contribution in [2.24, 2.45) is 0 Å². The minimum Gasteiger partial charge on any atom is -0.378 e. The van der Waals surface area contributed by atoms with Crippen molar-refractivity contribution in [2.45, 2.75) is 43.0 Å². The van der Waals surface area contributed by atoms with Gasteiger partial charge in [0, 0.05) is 19.6 Å². The van der Waals surface area contributed by atoms with Gasteiger partial charge in [0.1, 0.15) is 0 Å². The number of halogens is 1. The number of carbonyl (C=O) groups is 1. The fourth-order valence-corrected chi connectivity index (χ4v) is 2.87. The summed E-state index contributed by atoms with van der Waals surface area (Å²) in [7, 11) is 0. The van der Waals surface area contributed by atoms with Crippen molar-refractivity contribution in [1.29, 1.82) is 0 Å². The first-order chi connectivity index (χ1) is 9.75. The third kappa shape index (κ3) is 5.25. The highest BCUT2D eigenvalue weighted by molar-refractivity contribution is 9.09. The Balaban J connectivity index is 1.64. The van der Waals surface area contributed by atoms with Crippen molar-refractivity contribution in [2.75, 3.05) is 13.2 Å². The number of carbonyl (C=O) groups excluding carboxylic acids is 1. The second-order valence-corrected chi connectivity index (χ2v) is 6.31. The highest BCUT2D eigenvalue weighted by Crippen LogP contribution is 2.21. The van der Waals surface area contributed by atoms with Crippen molar-refractivity contribution in [3.8, 4) is 0 Å². The summed E-state index contributed by atoms with van der Waals surface area (Å²) in [5.41, 5.74) is 1.18. The average Bonchev–Trinajstić information content (AvgIpc) is 2.52. The number of alkyl halides is 1. The molecule has 2 unspecified atom stereocenters. The lowest BCUT2D eigenvalue weighted by Crippen LogP contribution is -2.28. The van der Waals surface area contributed by atoms with Gasteiger partial charge in [-0.2, -0.15) is 0 Å². The first-order valence-corrected chi connectivity index (χ1v) is 8.24. The van der Waals surface area contributed by atoms with E-state index in [0.717, 1.165) is 25.9 Å². The van der Waals surface area contributed by atoms with Crippen LogP contribution in [-0.2, 0) is 9.53 Å². The molecule has 20 heavy (non-hydrogen) atoms. The van der Waals surface area contributed by atoms with Gasteiger partial charge in [0.15, 0.2) is 0 Å². The molecule has 1 amide bonds. The molecule has 1 heterocycles. The molecule has 1 N–H and O–H groups in total. The number of benzene rings is 1. The summed E-state index contributed by atoms with van der Waals surface area (Å²) >= 11 is 3.60. The van der Waals surface area contributed by atoms with Crippen LogP contribution in [0.3, 0.4) is 0 Å². The van der Waals surface area contributed by atoms with E-state index in [1.807, 2.05) is 18.2 Å². The van der Waals surface area contributed by atoms with Crippen molar-refractivity contribution >= 4 is 21.8 Å². The minimum absolute atomic E-state index is 0.111. The molecule has 0 aliphatic carbocycles. The molecule has 2 atom stereocenters. The monoisotopic (exact) mass is 339 g/mol. The van der Waals surface area contributed by atoms with E-state index in [1.54, 1.807) is 0 Å². The molecule has 0 aromatic heterocycles. The number of amides is 1. The fourth-order valence-electron chi connectivity index (χ4n) is 2.40. The van der Waals surface area contributed by atoms with Gasteiger partial charge in [0.2, 0.25) is 5.91 Å². The normalized spacial score (nSPS) is 20.4. The molecule has 2 rings (SSSR count). The second-order valence-electron chi connectivity index (χ2n) is 5.21. The molecule has 0 bridgehead atoms. The van der Waals surface area contributed by atoms with Gasteiger partial charge in [-0.3, -0.25) is 4.79 Å². The van der Waals surface area contributed by atoms with E-state index < -0.39 is 0 Å². The Hall–Kier alpha value is -0.870. The van der Waals surface area contributed by atoms with Crippen LogP contribution in [0.2, 0.25) is 0 Å². The quantitative estimate of drug-likeness (QED) is 0.804. The number of nitrogens with one attached hydrogen (secondary N) is 1. The summed E-state index contributed by atoms with van der Waals surface area (Å²) in [6.07, 6.45) is 5.15. The first kappa shape index (κ1) is 15.5. The molecule has 0 radical (unpaired) electrons. The molecule has 1 aliphatic heterocycles. The maximum atomic E-state index is 11.8. The minimum atomic E-state index is 0.111. The predicted octanol–water partition coefficient (Wildman–Crippen LogP) is 3.59. The number of rotatable bonds is 6. The van der Waals surface area contributed by atoms with Crippen molar-refractivity contribution in [3.05, 3.63) is 35.9 Å². The summed E-state index contributed by atoms with van der Waals surface area (Å²) in [6.45, 7) is 1.47. The highest BCUT2D eigenvalue weighted by atomic mass is 79.9. The van der Waals surface area contributed by atoms with Crippen LogP contribution in [0.5, 0.6) is 0 Å². The molecular weight excluding hydrogens is 318 g/mol. The smallest absolute Gasteiger partial charge is 0.220 e. The lowest BCUT2D eigenvalue weighted by molar-refractivity contribution is -0.122. The largest absolute Gasteiger partial charge is 0.378 e. The van der Waals surface area contributed by atoms with Crippen LogP contribution in [0, 0.1) is 0 Å². The Labute approximate surface area is 129 Å².